The van der Waals surface area contributed by atoms with Crippen molar-refractivity contribution in [1.82, 2.24) is 0 Å². The first-order valence-corrected chi connectivity index (χ1v) is 11.0. The van der Waals surface area contributed by atoms with Crippen LogP contribution >= 0.6 is 0 Å². The zero-order chi connectivity index (χ0) is 25.8. The predicted molar refractivity (Wildman–Crippen MR) is 99.7 cm³/mol. The van der Waals surface area contributed by atoms with E-state index in [2.05, 4.69) is 14.2 Å². The summed E-state index contributed by atoms with van der Waals surface area (Å²) in [6, 6.07) is 0. The average Bonchev–Trinajstić information content (AvgIpc) is 2.63. The number of alkyl halides is 7. The molecule has 6 nitrogen and oxygen atoms in total. The van der Waals surface area contributed by atoms with Gasteiger partial charge in [-0.2, -0.15) is 22.0 Å². The van der Waals surface area contributed by atoms with Crippen molar-refractivity contribution in [3.63, 3.8) is 0 Å². The number of halogens is 7. The fourth-order valence-electron chi connectivity index (χ4n) is 5.85. The molecule has 0 aromatic carbocycles. The quantitative estimate of drug-likeness (QED) is 0.283. The van der Waals surface area contributed by atoms with E-state index in [-0.39, 0.29) is 38.0 Å². The molecule has 4 aliphatic carbocycles. The molecule has 4 fully saturated rings. The summed E-state index contributed by atoms with van der Waals surface area (Å²) < 4.78 is 109. The van der Waals surface area contributed by atoms with Gasteiger partial charge in [-0.3, -0.25) is 4.79 Å². The van der Waals surface area contributed by atoms with Crippen LogP contribution in [0, 0.1) is 17.3 Å². The van der Waals surface area contributed by atoms with E-state index >= 15 is 0 Å². The highest BCUT2D eigenvalue weighted by atomic mass is 19.4. The maximum Gasteiger partial charge on any atom is 0.468 e. The number of carbonyl (C=O) groups excluding carboxylic acids is 2. The van der Waals surface area contributed by atoms with Crippen LogP contribution in [0.5, 0.6) is 0 Å². The monoisotopic (exact) mass is 508 g/mol. The van der Waals surface area contributed by atoms with Crippen molar-refractivity contribution in [2.75, 3.05) is 13.2 Å². The Morgan fingerprint density at radius 2 is 1.56 bits per heavy atom. The van der Waals surface area contributed by atoms with Gasteiger partial charge >= 0.3 is 35.7 Å². The molecule has 196 valence electrons. The normalized spacial score (nSPS) is 32.9. The van der Waals surface area contributed by atoms with Crippen molar-refractivity contribution in [2.24, 2.45) is 17.3 Å². The Bertz CT molecular complexity index is 794. The molecule has 0 amide bonds. The van der Waals surface area contributed by atoms with Crippen LogP contribution in [0.4, 0.5) is 30.7 Å². The second-order valence-electron chi connectivity index (χ2n) is 9.88. The Balaban J connectivity index is 1.89. The molecule has 0 heterocycles. The van der Waals surface area contributed by atoms with Gasteiger partial charge in [0.1, 0.15) is 0 Å². The van der Waals surface area contributed by atoms with Crippen LogP contribution < -0.4 is 0 Å². The van der Waals surface area contributed by atoms with Crippen LogP contribution in [0.1, 0.15) is 58.8 Å². The molecule has 13 heteroatoms. The van der Waals surface area contributed by atoms with Crippen LogP contribution in [-0.4, -0.2) is 59.7 Å². The largest absolute Gasteiger partial charge is 0.468 e. The lowest BCUT2D eigenvalue weighted by Crippen LogP contribution is -2.63. The molecule has 0 spiro atoms. The first-order chi connectivity index (χ1) is 15.4. The molecule has 0 aliphatic heterocycles. The molecule has 4 saturated carbocycles. The SMILES string of the molecule is CCOC(=O)C(OCCC(F)(F)C(C)(F)F)(OC(=O)C12CC3CC(CC(O)(C3)C1)C2)C(F)(F)F. The van der Waals surface area contributed by atoms with Gasteiger partial charge in [0, 0.05) is 13.3 Å². The molecule has 0 radical (unpaired) electrons. The van der Waals surface area contributed by atoms with Gasteiger partial charge in [0.25, 0.3) is 0 Å². The van der Waals surface area contributed by atoms with E-state index in [0.717, 1.165) is 6.92 Å². The molecular formula is C21H27F7O6. The Hall–Kier alpha value is -1.63. The summed E-state index contributed by atoms with van der Waals surface area (Å²) in [7, 11) is 0. The highest BCUT2D eigenvalue weighted by Crippen LogP contribution is 2.62. The molecule has 4 bridgehead atoms. The van der Waals surface area contributed by atoms with E-state index in [1.807, 2.05) is 0 Å². The Morgan fingerprint density at radius 3 is 2.00 bits per heavy atom. The third-order valence-electron chi connectivity index (χ3n) is 6.98. The van der Waals surface area contributed by atoms with E-state index in [4.69, 9.17) is 0 Å². The van der Waals surface area contributed by atoms with Crippen molar-refractivity contribution in [1.29, 1.82) is 0 Å². The van der Waals surface area contributed by atoms with E-state index in [1.165, 1.54) is 0 Å². The lowest BCUT2D eigenvalue weighted by Gasteiger charge is -2.59. The van der Waals surface area contributed by atoms with Gasteiger partial charge in [-0.1, -0.05) is 0 Å². The van der Waals surface area contributed by atoms with Gasteiger partial charge in [-0.25, -0.2) is 13.6 Å². The second-order valence-corrected chi connectivity index (χ2v) is 9.88. The van der Waals surface area contributed by atoms with Crippen LogP contribution in [0.2, 0.25) is 0 Å². The van der Waals surface area contributed by atoms with Gasteiger partial charge in [0.15, 0.2) is 0 Å². The minimum Gasteiger partial charge on any atom is -0.461 e. The van der Waals surface area contributed by atoms with Crippen LogP contribution in [0.25, 0.3) is 0 Å². The minimum absolute atomic E-state index is 0.118. The zero-order valence-electron chi connectivity index (χ0n) is 18.7. The fourth-order valence-corrected chi connectivity index (χ4v) is 5.85. The maximum atomic E-state index is 14.1. The lowest BCUT2D eigenvalue weighted by atomic mass is 9.48. The first kappa shape index (κ1) is 27.0. The molecule has 4 aliphatic rings. The number of rotatable bonds is 9. The average molecular weight is 508 g/mol. The first-order valence-electron chi connectivity index (χ1n) is 11.0. The Morgan fingerprint density at radius 1 is 1.00 bits per heavy atom. The van der Waals surface area contributed by atoms with Crippen LogP contribution in [0.3, 0.4) is 0 Å². The number of hydrogen-bond acceptors (Lipinski definition) is 6. The number of esters is 2. The van der Waals surface area contributed by atoms with Crippen molar-refractivity contribution in [3.05, 3.63) is 0 Å². The molecule has 34 heavy (non-hydrogen) atoms. The standard InChI is InChI=1S/C21H27F7O6/c1-3-32-15(30)20(21(26,27)28,33-5-4-19(24,25)16(2,22)23)34-14(29)17-7-12-6-13(8-17)10-18(31,9-12)11-17/h12-13,31H,3-11H2,1-2H3. The minimum atomic E-state index is -5.78. The Kier molecular flexibility index (Phi) is 6.74. The summed E-state index contributed by atoms with van der Waals surface area (Å²) in [6.45, 7) is -1.26. The number of carbonyl (C=O) groups is 2. The third kappa shape index (κ3) is 4.74. The molecule has 1 N–H and O–H groups in total. The molecular weight excluding hydrogens is 481 g/mol. The molecule has 0 aromatic heterocycles. The highest BCUT2D eigenvalue weighted by Gasteiger charge is 2.70. The van der Waals surface area contributed by atoms with E-state index < -0.39 is 66.4 Å². The summed E-state index contributed by atoms with van der Waals surface area (Å²) in [6.07, 6.45) is -6.13. The van der Waals surface area contributed by atoms with Crippen molar-refractivity contribution < 1.29 is 59.6 Å². The molecule has 4 rings (SSSR count). The molecule has 3 unspecified atom stereocenters. The number of aliphatic hydroxyl groups is 1. The second kappa shape index (κ2) is 8.49. The third-order valence-corrected chi connectivity index (χ3v) is 6.98. The van der Waals surface area contributed by atoms with E-state index in [9.17, 15) is 45.4 Å². The zero-order valence-corrected chi connectivity index (χ0v) is 18.7. The fraction of sp³-hybridized carbons (Fsp3) is 0.905. The van der Waals surface area contributed by atoms with Crippen LogP contribution in [0.15, 0.2) is 0 Å². The summed E-state index contributed by atoms with van der Waals surface area (Å²) in [5, 5.41) is 10.8. The van der Waals surface area contributed by atoms with Crippen molar-refractivity contribution >= 4 is 11.9 Å². The summed E-state index contributed by atoms with van der Waals surface area (Å²) in [4.78, 5) is 25.5. The Labute approximate surface area is 191 Å². The molecule has 3 atom stereocenters. The summed E-state index contributed by atoms with van der Waals surface area (Å²) in [5.41, 5.74) is -2.78. The van der Waals surface area contributed by atoms with E-state index in [0.29, 0.717) is 19.3 Å². The van der Waals surface area contributed by atoms with E-state index in [1.54, 1.807) is 0 Å². The maximum absolute atomic E-state index is 14.1. The van der Waals surface area contributed by atoms with Gasteiger partial charge in [-0.05, 0) is 57.3 Å². The highest BCUT2D eigenvalue weighted by molar-refractivity contribution is 5.85. The predicted octanol–water partition coefficient (Wildman–Crippen LogP) is 4.38. The van der Waals surface area contributed by atoms with Gasteiger partial charge < -0.3 is 19.3 Å². The molecule has 0 saturated heterocycles. The number of hydrogen-bond donors (Lipinski definition) is 1. The van der Waals surface area contributed by atoms with Gasteiger partial charge in [-0.15, -0.1) is 0 Å². The molecule has 0 aromatic rings. The van der Waals surface area contributed by atoms with Gasteiger partial charge in [0.05, 0.1) is 24.2 Å². The lowest BCUT2D eigenvalue weighted by molar-refractivity contribution is -0.362. The summed E-state index contributed by atoms with van der Waals surface area (Å²) in [5.74, 6) is -17.7. The summed E-state index contributed by atoms with van der Waals surface area (Å²) >= 11 is 0. The van der Waals surface area contributed by atoms with Gasteiger partial charge in [0.2, 0.25) is 0 Å². The van der Waals surface area contributed by atoms with Crippen molar-refractivity contribution in [2.45, 2.75) is 88.2 Å². The number of ether oxygens (including phenoxy) is 3. The topological polar surface area (TPSA) is 82.1 Å². The van der Waals surface area contributed by atoms with Crippen molar-refractivity contribution in [3.8, 4) is 0 Å². The van der Waals surface area contributed by atoms with Crippen LogP contribution in [-0.2, 0) is 23.8 Å². The smallest absolute Gasteiger partial charge is 0.461 e.